The first-order valence-electron chi connectivity index (χ1n) is 11.4. The number of rotatable bonds is 5. The monoisotopic (exact) mass is 487 g/mol. The number of H-pyrrole nitrogens is 1. The number of nitrogens with one attached hydrogen (secondary N) is 1. The number of ether oxygens (including phenoxy) is 1. The zero-order valence-electron chi connectivity index (χ0n) is 19.8. The van der Waals surface area contributed by atoms with Crippen LogP contribution < -0.4 is 10.5 Å². The Hall–Kier alpha value is -4.67. The van der Waals surface area contributed by atoms with Gasteiger partial charge in [-0.1, -0.05) is 18.2 Å². The largest absolute Gasteiger partial charge is 0.494 e. The van der Waals surface area contributed by atoms with E-state index >= 15 is 0 Å². The van der Waals surface area contributed by atoms with E-state index in [1.54, 1.807) is 29.3 Å². The third-order valence-corrected chi connectivity index (χ3v) is 6.34. The lowest BCUT2D eigenvalue weighted by Crippen LogP contribution is -2.56. The third kappa shape index (κ3) is 3.94. The number of nitrogen functional groups attached to an aromatic ring is 1. The van der Waals surface area contributed by atoms with Crippen molar-refractivity contribution in [1.29, 1.82) is 0 Å². The maximum Gasteiger partial charge on any atom is 0.295 e. The number of pyridine rings is 1. The zero-order valence-corrected chi connectivity index (χ0v) is 19.8. The minimum atomic E-state index is -0.674. The molecule has 184 valence electrons. The van der Waals surface area contributed by atoms with Gasteiger partial charge in [-0.05, 0) is 19.1 Å². The van der Waals surface area contributed by atoms with Crippen LogP contribution in [-0.4, -0.2) is 79.9 Å². The molecule has 1 unspecified atom stereocenters. The van der Waals surface area contributed by atoms with Crippen molar-refractivity contribution in [3.63, 3.8) is 0 Å². The number of nitrogens with two attached hydrogens (primary N) is 1. The summed E-state index contributed by atoms with van der Waals surface area (Å²) in [6.45, 7) is 2.71. The van der Waals surface area contributed by atoms with E-state index in [4.69, 9.17) is 10.5 Å². The van der Waals surface area contributed by atoms with E-state index in [-0.39, 0.29) is 30.6 Å². The van der Waals surface area contributed by atoms with E-state index in [1.165, 1.54) is 29.1 Å². The van der Waals surface area contributed by atoms with Gasteiger partial charge in [0.2, 0.25) is 0 Å². The molecule has 1 atom stereocenters. The van der Waals surface area contributed by atoms with E-state index < -0.39 is 11.7 Å². The van der Waals surface area contributed by atoms with Gasteiger partial charge in [-0.15, -0.1) is 5.10 Å². The number of ketones is 1. The Morgan fingerprint density at radius 3 is 2.58 bits per heavy atom. The molecule has 0 saturated carbocycles. The fourth-order valence-electron chi connectivity index (χ4n) is 4.52. The van der Waals surface area contributed by atoms with Crippen LogP contribution in [-0.2, 0) is 4.79 Å². The highest BCUT2D eigenvalue weighted by Crippen LogP contribution is 2.32. The standard InChI is InChI=1S/C25H25N7O4/c1-15-14-30(10-11-31(15)24(34)16-6-4-3-5-7-16)25(35)22(33)17-12-27-21-20(17)18(36-2)13-28-23(21)32-9-8-19(26)29-32/h3-9,12-13,15,27H,10-11,14H2,1-2H3,(H2,26,29). The molecule has 0 bridgehead atoms. The summed E-state index contributed by atoms with van der Waals surface area (Å²) in [5.74, 6) is -0.335. The topological polar surface area (TPSA) is 139 Å². The molecule has 1 aliphatic heterocycles. The summed E-state index contributed by atoms with van der Waals surface area (Å²) in [7, 11) is 1.47. The minimum Gasteiger partial charge on any atom is -0.494 e. The molecule has 0 spiro atoms. The number of anilines is 1. The lowest BCUT2D eigenvalue weighted by Gasteiger charge is -2.39. The molecule has 1 saturated heterocycles. The average Bonchev–Trinajstić information content (AvgIpc) is 3.54. The summed E-state index contributed by atoms with van der Waals surface area (Å²) in [6, 6.07) is 10.4. The first kappa shape index (κ1) is 23.1. The maximum absolute atomic E-state index is 13.4. The first-order chi connectivity index (χ1) is 17.4. The number of aromatic amines is 1. The number of fused-ring (bicyclic) bond motifs is 1. The van der Waals surface area contributed by atoms with E-state index in [0.717, 1.165) is 0 Å². The van der Waals surface area contributed by atoms with Crippen molar-refractivity contribution in [2.45, 2.75) is 13.0 Å². The van der Waals surface area contributed by atoms with Gasteiger partial charge < -0.3 is 25.3 Å². The Morgan fingerprint density at radius 2 is 1.92 bits per heavy atom. The molecule has 1 fully saturated rings. The van der Waals surface area contributed by atoms with Crippen LogP contribution in [0.5, 0.6) is 5.75 Å². The van der Waals surface area contributed by atoms with E-state index in [2.05, 4.69) is 15.1 Å². The highest BCUT2D eigenvalue weighted by molar-refractivity contribution is 6.45. The van der Waals surface area contributed by atoms with Gasteiger partial charge in [0.05, 0.1) is 29.8 Å². The smallest absolute Gasteiger partial charge is 0.295 e. The Morgan fingerprint density at radius 1 is 1.14 bits per heavy atom. The summed E-state index contributed by atoms with van der Waals surface area (Å²) in [5.41, 5.74) is 6.99. The lowest BCUT2D eigenvalue weighted by atomic mass is 10.1. The number of aromatic nitrogens is 4. The van der Waals surface area contributed by atoms with Crippen molar-refractivity contribution in [2.24, 2.45) is 0 Å². The molecule has 36 heavy (non-hydrogen) atoms. The number of Topliss-reactive ketones (excluding diaryl/α,β-unsaturated/α-hetero) is 1. The SMILES string of the molecule is COc1cnc(-n2ccc(N)n2)c2[nH]cc(C(=O)C(=O)N3CCN(C(=O)c4ccccc4)C(C)C3)c12. The van der Waals surface area contributed by atoms with Crippen LogP contribution >= 0.6 is 0 Å². The molecule has 5 rings (SSSR count). The number of methoxy groups -OCH3 is 1. The summed E-state index contributed by atoms with van der Waals surface area (Å²) < 4.78 is 6.92. The molecule has 4 aromatic rings. The van der Waals surface area contributed by atoms with Gasteiger partial charge in [-0.25, -0.2) is 9.67 Å². The number of carbonyl (C=O) groups is 3. The molecule has 11 nitrogen and oxygen atoms in total. The molecule has 2 amide bonds. The Balaban J connectivity index is 1.39. The third-order valence-electron chi connectivity index (χ3n) is 6.34. The van der Waals surface area contributed by atoms with Gasteiger partial charge in [0.15, 0.2) is 5.82 Å². The molecule has 0 radical (unpaired) electrons. The second-order valence-corrected chi connectivity index (χ2v) is 8.58. The molecular weight excluding hydrogens is 462 g/mol. The first-order valence-corrected chi connectivity index (χ1v) is 11.4. The van der Waals surface area contributed by atoms with Crippen molar-refractivity contribution in [1.82, 2.24) is 29.5 Å². The van der Waals surface area contributed by atoms with Crippen molar-refractivity contribution in [2.75, 3.05) is 32.5 Å². The second-order valence-electron chi connectivity index (χ2n) is 8.58. The minimum absolute atomic E-state index is 0.0952. The normalized spacial score (nSPS) is 15.8. The van der Waals surface area contributed by atoms with Gasteiger partial charge in [0.1, 0.15) is 11.6 Å². The number of nitrogens with zero attached hydrogens (tertiary/aromatic N) is 5. The van der Waals surface area contributed by atoms with Gasteiger partial charge in [-0.2, -0.15) is 0 Å². The molecule has 3 N–H and O–H groups in total. The van der Waals surface area contributed by atoms with Crippen molar-refractivity contribution in [3.05, 3.63) is 66.1 Å². The molecular formula is C25H25N7O4. The predicted octanol–water partition coefficient (Wildman–Crippen LogP) is 1.90. The Labute approximate surface area is 206 Å². The number of piperazine rings is 1. The average molecular weight is 488 g/mol. The highest BCUT2D eigenvalue weighted by atomic mass is 16.5. The lowest BCUT2D eigenvalue weighted by molar-refractivity contribution is -0.128. The van der Waals surface area contributed by atoms with Crippen LogP contribution in [0.15, 0.2) is 55.0 Å². The van der Waals surface area contributed by atoms with Crippen LogP contribution in [0, 0.1) is 0 Å². The van der Waals surface area contributed by atoms with E-state index in [9.17, 15) is 14.4 Å². The maximum atomic E-state index is 13.4. The molecule has 3 aromatic heterocycles. The molecule has 11 heteroatoms. The molecule has 1 aliphatic rings. The fourth-order valence-corrected chi connectivity index (χ4v) is 4.52. The number of amides is 2. The van der Waals surface area contributed by atoms with E-state index in [1.807, 2.05) is 25.1 Å². The van der Waals surface area contributed by atoms with Crippen LogP contribution in [0.3, 0.4) is 0 Å². The Bertz CT molecular complexity index is 1460. The van der Waals surface area contributed by atoms with Gasteiger partial charge in [0, 0.05) is 49.7 Å². The predicted molar refractivity (Wildman–Crippen MR) is 132 cm³/mol. The van der Waals surface area contributed by atoms with Crippen LogP contribution in [0.1, 0.15) is 27.6 Å². The number of carbonyl (C=O) groups excluding carboxylic acids is 3. The van der Waals surface area contributed by atoms with Gasteiger partial charge in [-0.3, -0.25) is 14.4 Å². The van der Waals surface area contributed by atoms with E-state index in [0.29, 0.717) is 40.4 Å². The number of hydrogen-bond donors (Lipinski definition) is 2. The van der Waals surface area contributed by atoms with Crippen LogP contribution in [0.25, 0.3) is 16.7 Å². The molecule has 1 aromatic carbocycles. The second kappa shape index (κ2) is 9.17. The molecule has 0 aliphatic carbocycles. The summed E-state index contributed by atoms with van der Waals surface area (Å²) in [5, 5.41) is 4.61. The highest BCUT2D eigenvalue weighted by Gasteiger charge is 2.34. The quantitative estimate of drug-likeness (QED) is 0.324. The fraction of sp³-hybridized carbons (Fsp3) is 0.240. The van der Waals surface area contributed by atoms with Crippen molar-refractivity contribution >= 4 is 34.3 Å². The Kier molecular flexibility index (Phi) is 5.88. The zero-order chi connectivity index (χ0) is 25.4. The number of hydrogen-bond acceptors (Lipinski definition) is 7. The number of benzene rings is 1. The molecule has 4 heterocycles. The van der Waals surface area contributed by atoms with Crippen molar-refractivity contribution in [3.8, 4) is 11.6 Å². The van der Waals surface area contributed by atoms with Crippen molar-refractivity contribution < 1.29 is 19.1 Å². The summed E-state index contributed by atoms with van der Waals surface area (Å²) in [4.78, 5) is 50.2. The van der Waals surface area contributed by atoms with Crippen LogP contribution in [0.2, 0.25) is 0 Å². The van der Waals surface area contributed by atoms with Gasteiger partial charge in [0.25, 0.3) is 17.6 Å². The van der Waals surface area contributed by atoms with Gasteiger partial charge >= 0.3 is 0 Å². The summed E-state index contributed by atoms with van der Waals surface area (Å²) >= 11 is 0. The summed E-state index contributed by atoms with van der Waals surface area (Å²) in [6.07, 6.45) is 4.60. The van der Waals surface area contributed by atoms with Crippen LogP contribution in [0.4, 0.5) is 5.82 Å².